The van der Waals surface area contributed by atoms with Gasteiger partial charge in [0.1, 0.15) is 12.6 Å². The first-order chi connectivity index (χ1) is 17.7. The third-order valence-electron chi connectivity index (χ3n) is 5.81. The van der Waals surface area contributed by atoms with E-state index in [1.165, 1.54) is 25.4 Å². The van der Waals surface area contributed by atoms with Gasteiger partial charge in [0.2, 0.25) is 0 Å². The fourth-order valence-corrected chi connectivity index (χ4v) is 5.45. The maximum atomic E-state index is 13.5. The molecule has 1 aromatic heterocycles. The Balaban J connectivity index is 1.65. The third-order valence-corrected chi connectivity index (χ3v) is 7.73. The van der Waals surface area contributed by atoms with Gasteiger partial charge < -0.3 is 14.8 Å². The van der Waals surface area contributed by atoms with Gasteiger partial charge in [-0.2, -0.15) is 0 Å². The van der Waals surface area contributed by atoms with E-state index in [1.54, 1.807) is 42.5 Å². The summed E-state index contributed by atoms with van der Waals surface area (Å²) in [5.41, 5.74) is 2.57. The van der Waals surface area contributed by atoms with E-state index >= 15 is 0 Å². The molecular formula is C27H25ClN2O6S. The molecule has 0 spiro atoms. The molecule has 0 aliphatic rings. The first kappa shape index (κ1) is 26.2. The second-order valence-electron chi connectivity index (χ2n) is 8.42. The molecule has 4 aromatic rings. The van der Waals surface area contributed by atoms with Crippen LogP contribution in [0.25, 0.3) is 10.9 Å². The Labute approximate surface area is 219 Å². The minimum absolute atomic E-state index is 0.0181. The Hall–Kier alpha value is -3.82. The summed E-state index contributed by atoms with van der Waals surface area (Å²) >= 11 is 6.22. The molecule has 10 heteroatoms. The van der Waals surface area contributed by atoms with Crippen LogP contribution in [-0.2, 0) is 37.3 Å². The van der Waals surface area contributed by atoms with Crippen LogP contribution >= 0.6 is 11.6 Å². The molecule has 4 rings (SSSR count). The second kappa shape index (κ2) is 11.1. The van der Waals surface area contributed by atoms with Crippen molar-refractivity contribution in [2.45, 2.75) is 30.9 Å². The van der Waals surface area contributed by atoms with Gasteiger partial charge in [0.05, 0.1) is 17.5 Å². The van der Waals surface area contributed by atoms with E-state index in [2.05, 4.69) is 5.32 Å². The van der Waals surface area contributed by atoms with Gasteiger partial charge in [-0.05, 0) is 48.4 Å². The van der Waals surface area contributed by atoms with Crippen molar-refractivity contribution in [2.75, 3.05) is 7.11 Å². The lowest BCUT2D eigenvalue weighted by Crippen LogP contribution is -2.43. The quantitative estimate of drug-likeness (QED) is 0.320. The molecule has 3 aromatic carbocycles. The van der Waals surface area contributed by atoms with Crippen LogP contribution in [0, 0.1) is 6.92 Å². The van der Waals surface area contributed by atoms with Crippen LogP contribution < -0.4 is 5.32 Å². The van der Waals surface area contributed by atoms with Gasteiger partial charge in [-0.1, -0.05) is 59.6 Å². The first-order valence-corrected chi connectivity index (χ1v) is 13.2. The monoisotopic (exact) mass is 540 g/mol. The number of hydrogen-bond donors (Lipinski definition) is 1. The number of amides is 1. The zero-order valence-electron chi connectivity index (χ0n) is 20.2. The number of carbonyl (C=O) groups excluding carboxylic acids is 2. The summed E-state index contributed by atoms with van der Waals surface area (Å²) in [6, 6.07) is 19.3. The molecule has 0 unspecified atom stereocenters. The second-order valence-corrected chi connectivity index (χ2v) is 10.7. The van der Waals surface area contributed by atoms with Gasteiger partial charge in [-0.15, -0.1) is 0 Å². The fourth-order valence-electron chi connectivity index (χ4n) is 3.89. The Morgan fingerprint density at radius 1 is 1.03 bits per heavy atom. The standard InChI is InChI=1S/C27H25ClN2O6S/c1-18-8-11-22(12-9-18)37(33,34)30-16-20(23-15-21(28)10-13-25(23)30)14-24(26(31)35-2)29-27(32)36-17-19-6-4-3-5-7-19/h3-13,15-16,24H,14,17H2,1-2H3,(H,29,32)/t24-/m0/s1. The molecule has 0 radical (unpaired) electrons. The number of alkyl carbamates (subject to hydrolysis) is 1. The number of hydrogen-bond acceptors (Lipinski definition) is 6. The highest BCUT2D eigenvalue weighted by Gasteiger charge is 2.27. The smallest absolute Gasteiger partial charge is 0.408 e. The number of rotatable bonds is 8. The molecule has 1 amide bonds. The molecule has 1 atom stereocenters. The predicted molar refractivity (Wildman–Crippen MR) is 140 cm³/mol. The summed E-state index contributed by atoms with van der Waals surface area (Å²) in [5.74, 6) is -0.707. The van der Waals surface area contributed by atoms with E-state index in [9.17, 15) is 18.0 Å². The van der Waals surface area contributed by atoms with Crippen molar-refractivity contribution in [1.29, 1.82) is 0 Å². The molecule has 0 bridgehead atoms. The van der Waals surface area contributed by atoms with Gasteiger partial charge in [0, 0.05) is 23.0 Å². The SMILES string of the molecule is COC(=O)[C@H](Cc1cn(S(=O)(=O)c2ccc(C)cc2)c2ccc(Cl)cc12)NC(=O)OCc1ccccc1. The number of esters is 1. The number of carbonyl (C=O) groups is 2. The number of aryl methyl sites for hydroxylation is 1. The number of methoxy groups -OCH3 is 1. The summed E-state index contributed by atoms with van der Waals surface area (Å²) in [7, 11) is -2.75. The van der Waals surface area contributed by atoms with Crippen LogP contribution in [0.3, 0.4) is 0 Å². The van der Waals surface area contributed by atoms with Crippen molar-refractivity contribution < 1.29 is 27.5 Å². The average Bonchev–Trinajstić information content (AvgIpc) is 3.25. The van der Waals surface area contributed by atoms with Crippen LogP contribution in [0.2, 0.25) is 5.02 Å². The molecule has 0 saturated carbocycles. The molecule has 37 heavy (non-hydrogen) atoms. The maximum absolute atomic E-state index is 13.5. The molecular weight excluding hydrogens is 516 g/mol. The average molecular weight is 541 g/mol. The number of ether oxygens (including phenoxy) is 2. The molecule has 0 aliphatic carbocycles. The summed E-state index contributed by atoms with van der Waals surface area (Å²) in [6.45, 7) is 1.89. The normalized spacial score (nSPS) is 12.2. The van der Waals surface area contributed by atoms with Gasteiger partial charge in [-0.3, -0.25) is 0 Å². The third kappa shape index (κ3) is 5.95. The predicted octanol–water partition coefficient (Wildman–Crippen LogP) is 4.85. The highest BCUT2D eigenvalue weighted by molar-refractivity contribution is 7.90. The van der Waals surface area contributed by atoms with Crippen molar-refractivity contribution in [3.05, 3.63) is 101 Å². The lowest BCUT2D eigenvalue weighted by atomic mass is 10.1. The molecule has 0 fully saturated rings. The molecule has 1 N–H and O–H groups in total. The van der Waals surface area contributed by atoms with E-state index in [1.807, 2.05) is 25.1 Å². The van der Waals surface area contributed by atoms with Crippen molar-refractivity contribution >= 4 is 44.6 Å². The Kier molecular flexibility index (Phi) is 7.85. The minimum Gasteiger partial charge on any atom is -0.467 e. The Bertz CT molecular complexity index is 1530. The van der Waals surface area contributed by atoms with E-state index in [4.69, 9.17) is 21.1 Å². The molecule has 0 aliphatic heterocycles. The summed E-state index contributed by atoms with van der Waals surface area (Å²) in [5, 5.41) is 3.44. The molecule has 0 saturated heterocycles. The zero-order valence-corrected chi connectivity index (χ0v) is 21.8. The number of halogens is 1. The van der Waals surface area contributed by atoms with Crippen LogP contribution in [-0.4, -0.2) is 37.6 Å². The maximum Gasteiger partial charge on any atom is 0.408 e. The molecule has 1 heterocycles. The van der Waals surface area contributed by atoms with Crippen molar-refractivity contribution in [1.82, 2.24) is 9.29 Å². The molecule has 192 valence electrons. The lowest BCUT2D eigenvalue weighted by molar-refractivity contribution is -0.143. The summed E-state index contributed by atoms with van der Waals surface area (Å²) < 4.78 is 38.2. The van der Waals surface area contributed by atoms with E-state index in [0.29, 0.717) is 21.5 Å². The largest absolute Gasteiger partial charge is 0.467 e. The minimum atomic E-state index is -3.95. The van der Waals surface area contributed by atoms with E-state index < -0.39 is 28.1 Å². The van der Waals surface area contributed by atoms with Gasteiger partial charge in [-0.25, -0.2) is 22.0 Å². The van der Waals surface area contributed by atoms with Crippen molar-refractivity contribution in [3.8, 4) is 0 Å². The van der Waals surface area contributed by atoms with Crippen molar-refractivity contribution in [2.24, 2.45) is 0 Å². The number of benzene rings is 3. The van der Waals surface area contributed by atoms with Crippen LogP contribution in [0.15, 0.2) is 83.9 Å². The number of fused-ring (bicyclic) bond motifs is 1. The van der Waals surface area contributed by atoms with Crippen molar-refractivity contribution in [3.63, 3.8) is 0 Å². The van der Waals surface area contributed by atoms with Crippen LogP contribution in [0.4, 0.5) is 4.79 Å². The van der Waals surface area contributed by atoms with E-state index in [-0.39, 0.29) is 17.9 Å². The summed E-state index contributed by atoms with van der Waals surface area (Å²) in [4.78, 5) is 25.1. The number of aromatic nitrogens is 1. The van der Waals surface area contributed by atoms with Gasteiger partial charge in [0.15, 0.2) is 0 Å². The van der Waals surface area contributed by atoms with E-state index in [0.717, 1.165) is 15.1 Å². The highest BCUT2D eigenvalue weighted by Crippen LogP contribution is 2.29. The lowest BCUT2D eigenvalue weighted by Gasteiger charge is -2.16. The number of nitrogens with zero attached hydrogens (tertiary/aromatic N) is 1. The topological polar surface area (TPSA) is 104 Å². The zero-order chi connectivity index (χ0) is 26.6. The Morgan fingerprint density at radius 3 is 2.41 bits per heavy atom. The molecule has 8 nitrogen and oxygen atoms in total. The fraction of sp³-hybridized carbons (Fsp3) is 0.185. The highest BCUT2D eigenvalue weighted by atomic mass is 35.5. The first-order valence-electron chi connectivity index (χ1n) is 11.4. The van der Waals surface area contributed by atoms with Gasteiger partial charge in [0.25, 0.3) is 10.0 Å². The number of nitrogens with one attached hydrogen (secondary N) is 1. The van der Waals surface area contributed by atoms with Gasteiger partial charge >= 0.3 is 12.1 Å². The van der Waals surface area contributed by atoms with Crippen LogP contribution in [0.5, 0.6) is 0 Å². The van der Waals surface area contributed by atoms with Crippen LogP contribution in [0.1, 0.15) is 16.7 Å². The summed E-state index contributed by atoms with van der Waals surface area (Å²) in [6.07, 6.45) is 0.567. The Morgan fingerprint density at radius 2 is 1.73 bits per heavy atom.